The third kappa shape index (κ3) is 3.17. The maximum absolute atomic E-state index is 12.1. The third-order valence-electron chi connectivity index (χ3n) is 3.77. The molecule has 1 unspecified atom stereocenters. The van der Waals surface area contributed by atoms with Gasteiger partial charge in [0.1, 0.15) is 11.8 Å². The van der Waals surface area contributed by atoms with Crippen molar-refractivity contribution in [3.63, 3.8) is 0 Å². The lowest BCUT2D eigenvalue weighted by atomic mass is 10.1. The van der Waals surface area contributed by atoms with E-state index in [0.29, 0.717) is 23.0 Å². The number of aromatic amines is 2. The predicted octanol–water partition coefficient (Wildman–Crippen LogP) is 3.21. The van der Waals surface area contributed by atoms with Gasteiger partial charge in [-0.1, -0.05) is 30.3 Å². The van der Waals surface area contributed by atoms with E-state index in [4.69, 9.17) is 4.74 Å². The van der Waals surface area contributed by atoms with Crippen LogP contribution in [-0.2, 0) is 0 Å². The zero-order chi connectivity index (χ0) is 17.1. The summed E-state index contributed by atoms with van der Waals surface area (Å²) in [6, 6.07) is 11.7. The molecule has 1 amide bonds. The van der Waals surface area contributed by atoms with Gasteiger partial charge in [0.25, 0.3) is 5.91 Å². The van der Waals surface area contributed by atoms with E-state index in [1.54, 1.807) is 19.3 Å². The zero-order valence-electron chi connectivity index (χ0n) is 13.9. The lowest BCUT2D eigenvalue weighted by Crippen LogP contribution is -2.19. The first-order valence-corrected chi connectivity index (χ1v) is 7.77. The molecule has 0 fully saturated rings. The van der Waals surface area contributed by atoms with Crippen molar-refractivity contribution in [1.82, 2.24) is 20.3 Å². The molecule has 2 aromatic heterocycles. The number of aryl methyl sites for hydroxylation is 1. The lowest BCUT2D eigenvalue weighted by Gasteiger charge is -2.14. The predicted molar refractivity (Wildman–Crippen MR) is 92.0 cm³/mol. The average molecular weight is 324 g/mol. The summed E-state index contributed by atoms with van der Waals surface area (Å²) in [4.78, 5) is 22.7. The minimum Gasteiger partial charge on any atom is -0.484 e. The molecule has 3 aromatic rings. The molecule has 24 heavy (non-hydrogen) atoms. The Kier molecular flexibility index (Phi) is 4.37. The topological polar surface area (TPSA) is 82.8 Å². The SMILES string of the molecule is CNC(=O)c1[nH]c(-c2ncc(C)[nH]2)cc1OC(C)c1ccccc1. The second kappa shape index (κ2) is 6.62. The highest BCUT2D eigenvalue weighted by Gasteiger charge is 2.20. The number of hydrogen-bond acceptors (Lipinski definition) is 3. The van der Waals surface area contributed by atoms with Crippen LogP contribution in [0.25, 0.3) is 11.5 Å². The molecule has 0 aliphatic rings. The first kappa shape index (κ1) is 15.9. The lowest BCUT2D eigenvalue weighted by molar-refractivity contribution is 0.0952. The number of imidazole rings is 1. The molecule has 0 spiro atoms. The maximum atomic E-state index is 12.1. The molecule has 6 heteroatoms. The van der Waals surface area contributed by atoms with Crippen LogP contribution in [0.2, 0.25) is 0 Å². The van der Waals surface area contributed by atoms with Crippen LogP contribution in [0.3, 0.4) is 0 Å². The van der Waals surface area contributed by atoms with E-state index in [2.05, 4.69) is 20.3 Å². The van der Waals surface area contributed by atoms with E-state index in [9.17, 15) is 4.79 Å². The van der Waals surface area contributed by atoms with Crippen LogP contribution in [0, 0.1) is 6.92 Å². The highest BCUT2D eigenvalue weighted by atomic mass is 16.5. The minimum absolute atomic E-state index is 0.184. The van der Waals surface area contributed by atoms with Crippen LogP contribution < -0.4 is 10.1 Å². The van der Waals surface area contributed by atoms with Crippen molar-refractivity contribution < 1.29 is 9.53 Å². The van der Waals surface area contributed by atoms with Crippen molar-refractivity contribution in [3.8, 4) is 17.3 Å². The molecule has 0 radical (unpaired) electrons. The van der Waals surface area contributed by atoms with Crippen molar-refractivity contribution in [2.45, 2.75) is 20.0 Å². The number of nitrogens with zero attached hydrogens (tertiary/aromatic N) is 1. The minimum atomic E-state index is -0.236. The standard InChI is InChI=1S/C18H20N4O2/c1-11-10-20-17(21-11)14-9-15(16(22-14)18(23)19-3)24-12(2)13-7-5-4-6-8-13/h4-10,12,22H,1-3H3,(H,19,23)(H,20,21). The van der Waals surface area contributed by atoms with Gasteiger partial charge < -0.3 is 20.0 Å². The van der Waals surface area contributed by atoms with E-state index in [1.165, 1.54) is 0 Å². The number of nitrogens with one attached hydrogen (secondary N) is 3. The van der Waals surface area contributed by atoms with Gasteiger partial charge in [-0.3, -0.25) is 4.79 Å². The Bertz CT molecular complexity index is 836. The van der Waals surface area contributed by atoms with E-state index < -0.39 is 0 Å². The summed E-state index contributed by atoms with van der Waals surface area (Å²) < 4.78 is 6.03. The number of hydrogen-bond donors (Lipinski definition) is 3. The quantitative estimate of drug-likeness (QED) is 0.674. The Morgan fingerprint density at radius 2 is 2.00 bits per heavy atom. The maximum Gasteiger partial charge on any atom is 0.271 e. The molecule has 2 heterocycles. The van der Waals surface area contributed by atoms with Crippen LogP contribution in [0.4, 0.5) is 0 Å². The van der Waals surface area contributed by atoms with E-state index in [-0.39, 0.29) is 12.0 Å². The summed E-state index contributed by atoms with van der Waals surface area (Å²) in [7, 11) is 1.59. The third-order valence-corrected chi connectivity index (χ3v) is 3.77. The average Bonchev–Trinajstić information content (AvgIpc) is 3.21. The number of ether oxygens (including phenoxy) is 1. The normalized spacial score (nSPS) is 12.0. The van der Waals surface area contributed by atoms with Gasteiger partial charge in [0.2, 0.25) is 0 Å². The summed E-state index contributed by atoms with van der Waals surface area (Å²) in [6.07, 6.45) is 1.56. The van der Waals surface area contributed by atoms with Crippen LogP contribution in [0.1, 0.15) is 34.8 Å². The molecule has 0 aliphatic carbocycles. The van der Waals surface area contributed by atoms with Crippen molar-refractivity contribution in [2.24, 2.45) is 0 Å². The van der Waals surface area contributed by atoms with Crippen LogP contribution in [0.5, 0.6) is 5.75 Å². The molecule has 3 N–H and O–H groups in total. The number of aromatic nitrogens is 3. The second-order valence-corrected chi connectivity index (χ2v) is 5.59. The Balaban J connectivity index is 1.93. The van der Waals surface area contributed by atoms with Gasteiger partial charge in [-0.05, 0) is 19.4 Å². The summed E-state index contributed by atoms with van der Waals surface area (Å²) in [6.45, 7) is 3.88. The van der Waals surface area contributed by atoms with Crippen molar-refractivity contribution >= 4 is 5.91 Å². The number of carbonyl (C=O) groups is 1. The largest absolute Gasteiger partial charge is 0.484 e. The monoisotopic (exact) mass is 324 g/mol. The highest BCUT2D eigenvalue weighted by molar-refractivity contribution is 5.96. The van der Waals surface area contributed by atoms with Crippen LogP contribution in [0.15, 0.2) is 42.6 Å². The van der Waals surface area contributed by atoms with Gasteiger partial charge in [-0.15, -0.1) is 0 Å². The molecule has 0 bridgehead atoms. The summed E-state index contributed by atoms with van der Waals surface area (Å²) in [5.74, 6) is 0.925. The Labute approximate surface area is 140 Å². The van der Waals surface area contributed by atoms with Crippen molar-refractivity contribution in [2.75, 3.05) is 7.05 Å². The molecule has 3 rings (SSSR count). The molecular weight excluding hydrogens is 304 g/mol. The number of benzene rings is 1. The van der Waals surface area contributed by atoms with E-state index in [1.807, 2.05) is 44.2 Å². The van der Waals surface area contributed by atoms with Gasteiger partial charge >= 0.3 is 0 Å². The Hall–Kier alpha value is -3.02. The molecule has 0 saturated carbocycles. The number of H-pyrrole nitrogens is 2. The molecule has 124 valence electrons. The first-order valence-electron chi connectivity index (χ1n) is 7.77. The number of amides is 1. The van der Waals surface area contributed by atoms with E-state index >= 15 is 0 Å². The molecule has 0 aliphatic heterocycles. The number of rotatable bonds is 5. The van der Waals surface area contributed by atoms with Crippen molar-refractivity contribution in [3.05, 3.63) is 59.5 Å². The summed E-state index contributed by atoms with van der Waals surface area (Å²) in [5.41, 5.74) is 3.07. The Morgan fingerprint density at radius 3 is 2.62 bits per heavy atom. The highest BCUT2D eigenvalue weighted by Crippen LogP contribution is 2.29. The van der Waals surface area contributed by atoms with Gasteiger partial charge in [-0.2, -0.15) is 0 Å². The van der Waals surface area contributed by atoms with Gasteiger partial charge in [-0.25, -0.2) is 4.98 Å². The number of carbonyl (C=O) groups excluding carboxylic acids is 1. The van der Waals surface area contributed by atoms with Gasteiger partial charge in [0, 0.05) is 25.0 Å². The molecule has 0 saturated heterocycles. The second-order valence-electron chi connectivity index (χ2n) is 5.59. The zero-order valence-corrected chi connectivity index (χ0v) is 13.9. The summed E-state index contributed by atoms with van der Waals surface area (Å²) in [5, 5.41) is 2.62. The van der Waals surface area contributed by atoms with Gasteiger partial charge in [0.05, 0.1) is 5.69 Å². The fourth-order valence-corrected chi connectivity index (χ4v) is 2.48. The molecule has 1 aromatic carbocycles. The molecule has 6 nitrogen and oxygen atoms in total. The van der Waals surface area contributed by atoms with Crippen LogP contribution >= 0.6 is 0 Å². The fraction of sp³-hybridized carbons (Fsp3) is 0.222. The van der Waals surface area contributed by atoms with Gasteiger partial charge in [0.15, 0.2) is 11.6 Å². The molecular formula is C18H20N4O2. The Morgan fingerprint density at radius 1 is 1.25 bits per heavy atom. The smallest absolute Gasteiger partial charge is 0.271 e. The molecule has 1 atom stereocenters. The summed E-state index contributed by atoms with van der Waals surface area (Å²) >= 11 is 0. The first-order chi connectivity index (χ1) is 11.6. The fourth-order valence-electron chi connectivity index (χ4n) is 2.48. The van der Waals surface area contributed by atoms with E-state index in [0.717, 1.165) is 11.3 Å². The van der Waals surface area contributed by atoms with Crippen molar-refractivity contribution in [1.29, 1.82) is 0 Å². The van der Waals surface area contributed by atoms with Crippen LogP contribution in [-0.4, -0.2) is 27.9 Å².